The average molecular weight is 1110 g/mol. The van der Waals surface area contributed by atoms with Gasteiger partial charge in [-0.1, -0.05) is 214 Å². The van der Waals surface area contributed by atoms with Gasteiger partial charge in [0.25, 0.3) is 0 Å². The first-order valence-corrected chi connectivity index (χ1v) is 31.2. The molecule has 14 rings (SSSR count). The van der Waals surface area contributed by atoms with Gasteiger partial charge in [0, 0.05) is 56.4 Å². The van der Waals surface area contributed by atoms with Gasteiger partial charge >= 0.3 is 0 Å². The molecular formula is C81H80BN3. The van der Waals surface area contributed by atoms with Crippen molar-refractivity contribution in [2.24, 2.45) is 0 Å². The number of anilines is 8. The van der Waals surface area contributed by atoms with Crippen LogP contribution >= 0.6 is 0 Å². The highest BCUT2D eigenvalue weighted by Gasteiger charge is 2.42. The number of benzene rings is 10. The second kappa shape index (κ2) is 19.9. The molecule has 4 heteroatoms. The molecule has 1 heterocycles. The lowest BCUT2D eigenvalue weighted by atomic mass is 9.57. The van der Waals surface area contributed by atoms with E-state index in [-0.39, 0.29) is 27.1 Å². The molecule has 3 aliphatic carbocycles. The van der Waals surface area contributed by atoms with Crippen LogP contribution in [0.4, 0.5) is 45.5 Å². The van der Waals surface area contributed by atoms with E-state index < -0.39 is 0 Å². The number of nitrogens with one attached hydrogen (secondary N) is 1. The summed E-state index contributed by atoms with van der Waals surface area (Å²) in [6.07, 6.45) is 4.67. The minimum atomic E-state index is -0.180. The predicted molar refractivity (Wildman–Crippen MR) is 366 cm³/mol. The molecule has 3 nitrogen and oxygen atoms in total. The zero-order valence-corrected chi connectivity index (χ0v) is 52.1. The largest absolute Gasteiger partial charge is 0.354 e. The summed E-state index contributed by atoms with van der Waals surface area (Å²) >= 11 is 0. The van der Waals surface area contributed by atoms with E-state index in [0.717, 1.165) is 42.9 Å². The van der Waals surface area contributed by atoms with Crippen LogP contribution in [0.1, 0.15) is 139 Å². The van der Waals surface area contributed by atoms with Gasteiger partial charge in [0.2, 0.25) is 0 Å². The van der Waals surface area contributed by atoms with Gasteiger partial charge in [-0.2, -0.15) is 0 Å². The molecule has 0 aromatic heterocycles. The van der Waals surface area contributed by atoms with Crippen LogP contribution in [0.25, 0.3) is 44.5 Å². The Bertz CT molecular complexity index is 4230. The molecule has 0 fully saturated rings. The number of rotatable bonds is 9. The minimum Gasteiger partial charge on any atom is -0.354 e. The lowest BCUT2D eigenvalue weighted by Crippen LogP contribution is -2.42. The first kappa shape index (κ1) is 54.6. The van der Waals surface area contributed by atoms with E-state index in [1.165, 1.54) is 136 Å². The van der Waals surface area contributed by atoms with Crippen LogP contribution in [0.2, 0.25) is 0 Å². The van der Waals surface area contributed by atoms with Gasteiger partial charge in [0.05, 0.1) is 5.69 Å². The van der Waals surface area contributed by atoms with Gasteiger partial charge in [-0.25, -0.2) is 0 Å². The molecule has 0 unspecified atom stereocenters. The Morgan fingerprint density at radius 2 is 0.929 bits per heavy atom. The SMILES string of the molecule is Cc1cc(-c2ccc3c(c2Nc2ccc4c(c2)C(C)(C)CCC4(C)C)-c2ccccc2C3(C)C)c2c(c1)N(c1cc3c(cc1C)C(C)(C)CCC3(C)C)c1ccc(N(c3cccc(-c4ccccc4)c3)c3cccc(-c4ccccc4)c3)cc1B2. The molecule has 0 atom stereocenters. The molecule has 0 bridgehead atoms. The molecule has 10 aromatic rings. The van der Waals surface area contributed by atoms with Crippen molar-refractivity contribution in [3.8, 4) is 44.5 Å². The number of hydrogen-bond donors (Lipinski definition) is 1. The van der Waals surface area contributed by atoms with Crippen LogP contribution in [0.15, 0.2) is 206 Å². The van der Waals surface area contributed by atoms with Crippen LogP contribution in [-0.4, -0.2) is 7.28 Å². The van der Waals surface area contributed by atoms with E-state index in [4.69, 9.17) is 0 Å². The molecule has 0 saturated heterocycles. The van der Waals surface area contributed by atoms with Gasteiger partial charge < -0.3 is 15.1 Å². The molecule has 85 heavy (non-hydrogen) atoms. The van der Waals surface area contributed by atoms with Crippen molar-refractivity contribution in [2.45, 2.75) is 136 Å². The summed E-state index contributed by atoms with van der Waals surface area (Å²) in [4.78, 5) is 5.14. The van der Waals surface area contributed by atoms with E-state index in [1.54, 1.807) is 0 Å². The molecule has 0 spiro atoms. The number of fused-ring (bicyclic) bond motifs is 7. The van der Waals surface area contributed by atoms with Crippen molar-refractivity contribution < 1.29 is 0 Å². The van der Waals surface area contributed by atoms with Crippen LogP contribution in [0, 0.1) is 13.8 Å². The predicted octanol–water partition coefficient (Wildman–Crippen LogP) is 20.7. The third-order valence-electron chi connectivity index (χ3n) is 20.5. The molecule has 1 N–H and O–H groups in total. The Hall–Kier alpha value is -8.34. The summed E-state index contributed by atoms with van der Waals surface area (Å²) < 4.78 is 0. The fourth-order valence-electron chi connectivity index (χ4n) is 15.3. The van der Waals surface area contributed by atoms with Gasteiger partial charge in [0.1, 0.15) is 0 Å². The van der Waals surface area contributed by atoms with Crippen LogP contribution in [0.3, 0.4) is 0 Å². The normalized spacial score (nSPS) is 16.8. The Morgan fingerprint density at radius 3 is 1.56 bits per heavy atom. The standard InChI is InChI=1S/C81H80BN3/c1-51-43-63(61-35-37-66-74(62-31-19-20-32-64(62)81(66,11)12)76(61)83-57-33-36-65-68(48-57)79(7,8)40-39-77(65,3)4)75-73(44-51)85(72-50-69-67(45-52(72)2)78(5,6)41-42-80(69,9)10)71-38-34-60(49-70(71)82-75)84(58-29-21-27-55(46-58)53-23-15-13-16-24-53)59-30-22-28-56(47-59)54-25-17-14-18-26-54/h13-38,43-50,82-83H,39-42H2,1-12H3. The summed E-state index contributed by atoms with van der Waals surface area (Å²) in [5.41, 5.74) is 33.1. The molecule has 422 valence electrons. The van der Waals surface area contributed by atoms with E-state index >= 15 is 0 Å². The second-order valence-corrected chi connectivity index (χ2v) is 28.5. The van der Waals surface area contributed by atoms with Crippen molar-refractivity contribution in [1.29, 1.82) is 0 Å². The van der Waals surface area contributed by atoms with Crippen molar-refractivity contribution >= 4 is 63.7 Å². The molecular weight excluding hydrogens is 1030 g/mol. The fraction of sp³-hybridized carbons (Fsp3) is 0.259. The maximum Gasteiger partial charge on any atom is 0.198 e. The van der Waals surface area contributed by atoms with E-state index in [2.05, 4.69) is 304 Å². The summed E-state index contributed by atoms with van der Waals surface area (Å²) in [5.74, 6) is 0. The first-order chi connectivity index (χ1) is 40.7. The van der Waals surface area contributed by atoms with Crippen LogP contribution in [0.5, 0.6) is 0 Å². The summed E-state index contributed by atoms with van der Waals surface area (Å²) in [5, 5.41) is 4.29. The lowest BCUT2D eigenvalue weighted by Gasteiger charge is -2.44. The lowest BCUT2D eigenvalue weighted by molar-refractivity contribution is 0.332. The van der Waals surface area contributed by atoms with Crippen molar-refractivity contribution in [2.75, 3.05) is 15.1 Å². The Morgan fingerprint density at radius 1 is 0.388 bits per heavy atom. The number of hydrogen-bond acceptors (Lipinski definition) is 3. The highest BCUT2D eigenvalue weighted by molar-refractivity contribution is 6.73. The molecule has 0 amide bonds. The van der Waals surface area contributed by atoms with Gasteiger partial charge in [-0.05, 0) is 211 Å². The van der Waals surface area contributed by atoms with Crippen LogP contribution < -0.4 is 26.0 Å². The Labute approximate surface area is 507 Å². The molecule has 1 aliphatic heterocycles. The number of nitrogens with zero attached hydrogens (tertiary/aromatic N) is 2. The summed E-state index contributed by atoms with van der Waals surface area (Å²) in [6, 6.07) is 78.5. The summed E-state index contributed by atoms with van der Waals surface area (Å²) in [7, 11) is 0.746. The van der Waals surface area contributed by atoms with Crippen molar-refractivity contribution in [1.82, 2.24) is 0 Å². The Balaban J connectivity index is 1.01. The van der Waals surface area contributed by atoms with E-state index in [1.807, 2.05) is 0 Å². The number of aryl methyl sites for hydroxylation is 2. The quantitative estimate of drug-likeness (QED) is 0.145. The molecule has 0 saturated carbocycles. The third kappa shape index (κ3) is 9.16. The maximum atomic E-state index is 4.29. The molecule has 10 aromatic carbocycles. The van der Waals surface area contributed by atoms with Gasteiger partial charge in [-0.3, -0.25) is 0 Å². The first-order valence-electron chi connectivity index (χ1n) is 31.2. The molecule has 4 aliphatic rings. The van der Waals surface area contributed by atoms with E-state index in [9.17, 15) is 0 Å². The highest BCUT2D eigenvalue weighted by Crippen LogP contribution is 2.56. The highest BCUT2D eigenvalue weighted by atomic mass is 15.2. The monoisotopic (exact) mass is 1110 g/mol. The van der Waals surface area contributed by atoms with E-state index in [0.29, 0.717) is 0 Å². The van der Waals surface area contributed by atoms with Crippen molar-refractivity contribution in [3.05, 3.63) is 251 Å². The van der Waals surface area contributed by atoms with Crippen LogP contribution in [-0.2, 0) is 27.1 Å². The minimum absolute atomic E-state index is 0.0240. The fourth-order valence-corrected chi connectivity index (χ4v) is 15.3. The topological polar surface area (TPSA) is 18.5 Å². The molecule has 0 radical (unpaired) electrons. The van der Waals surface area contributed by atoms with Gasteiger partial charge in [-0.15, -0.1) is 0 Å². The van der Waals surface area contributed by atoms with Crippen molar-refractivity contribution in [3.63, 3.8) is 0 Å². The Kier molecular flexibility index (Phi) is 12.8. The zero-order valence-electron chi connectivity index (χ0n) is 52.1. The maximum absolute atomic E-state index is 4.29. The average Bonchev–Trinajstić information content (AvgIpc) is 1.80. The summed E-state index contributed by atoms with van der Waals surface area (Å²) in [6.45, 7) is 29.1. The third-order valence-corrected chi connectivity index (χ3v) is 20.5. The second-order valence-electron chi connectivity index (χ2n) is 28.5. The zero-order chi connectivity index (χ0) is 59.0. The smallest absolute Gasteiger partial charge is 0.198 e. The van der Waals surface area contributed by atoms with Gasteiger partial charge in [0.15, 0.2) is 7.28 Å².